The number of benzene rings is 4. The third-order valence-corrected chi connectivity index (χ3v) is 8.29. The number of aromatic nitrogens is 2. The molecule has 2 aromatic heterocycles. The van der Waals surface area contributed by atoms with Crippen LogP contribution in [0.2, 0.25) is 0 Å². The predicted octanol–water partition coefficient (Wildman–Crippen LogP) is 9.16. The number of dihydropyridines is 1. The summed E-state index contributed by atoms with van der Waals surface area (Å²) in [6.45, 7) is 0. The van der Waals surface area contributed by atoms with Gasteiger partial charge in [-0.15, -0.1) is 0 Å². The van der Waals surface area contributed by atoms with E-state index in [1.807, 2.05) is 60.7 Å². The molecule has 6 aromatic rings. The van der Waals surface area contributed by atoms with Crippen LogP contribution in [0.1, 0.15) is 23.0 Å². The van der Waals surface area contributed by atoms with E-state index >= 15 is 0 Å². The van der Waals surface area contributed by atoms with Crippen LogP contribution in [0.5, 0.6) is 0 Å². The number of hydrogen-bond donors (Lipinski definition) is 1. The minimum absolute atomic E-state index is 0.0655. The summed E-state index contributed by atoms with van der Waals surface area (Å²) >= 11 is 0. The first-order valence-corrected chi connectivity index (χ1v) is 15.4. The van der Waals surface area contributed by atoms with Crippen LogP contribution in [-0.4, -0.2) is 9.97 Å². The van der Waals surface area contributed by atoms with Crippen molar-refractivity contribution in [2.75, 3.05) is 0 Å². The lowest BCUT2D eigenvalue weighted by atomic mass is 9.91. The van der Waals surface area contributed by atoms with Gasteiger partial charge in [-0.2, -0.15) is 15.8 Å². The summed E-state index contributed by atoms with van der Waals surface area (Å²) in [5.41, 5.74) is 12.1. The minimum atomic E-state index is -0.0655. The Morgan fingerprint density at radius 3 is 1.35 bits per heavy atom. The van der Waals surface area contributed by atoms with Crippen LogP contribution in [0, 0.1) is 34.0 Å². The molecular weight excluding hydrogens is 589 g/mol. The Morgan fingerprint density at radius 1 is 0.479 bits per heavy atom. The van der Waals surface area contributed by atoms with E-state index in [-0.39, 0.29) is 6.04 Å². The van der Waals surface area contributed by atoms with Gasteiger partial charge in [-0.1, -0.05) is 97.1 Å². The van der Waals surface area contributed by atoms with E-state index in [2.05, 4.69) is 100 Å². The van der Waals surface area contributed by atoms with Crippen molar-refractivity contribution in [2.45, 2.75) is 6.04 Å². The topological polar surface area (TPSA) is 109 Å². The molecule has 1 unspecified atom stereocenters. The fourth-order valence-corrected chi connectivity index (χ4v) is 5.78. The number of nitrogens with one attached hydrogen (secondary N) is 1. The lowest BCUT2D eigenvalue weighted by molar-refractivity contribution is 0.722. The zero-order chi connectivity index (χ0) is 32.9. The molecule has 224 valence electrons. The monoisotopic (exact) mass is 614 g/mol. The molecule has 0 radical (unpaired) electrons. The van der Waals surface area contributed by atoms with E-state index in [1.54, 1.807) is 18.2 Å². The van der Waals surface area contributed by atoms with Gasteiger partial charge in [-0.25, -0.2) is 9.97 Å². The summed E-state index contributed by atoms with van der Waals surface area (Å²) < 4.78 is 0. The maximum absolute atomic E-state index is 9.33. The molecule has 0 aliphatic carbocycles. The molecule has 6 heteroatoms. The molecule has 3 heterocycles. The summed E-state index contributed by atoms with van der Waals surface area (Å²) in [5.74, 6) is 0. The largest absolute Gasteiger partial charge is 0.366 e. The zero-order valence-corrected chi connectivity index (χ0v) is 25.7. The van der Waals surface area contributed by atoms with Crippen LogP contribution >= 0.6 is 0 Å². The van der Waals surface area contributed by atoms with Crippen LogP contribution < -0.4 is 5.32 Å². The van der Waals surface area contributed by atoms with Gasteiger partial charge in [0.25, 0.3) is 0 Å². The molecule has 7 rings (SSSR count). The van der Waals surface area contributed by atoms with Crippen molar-refractivity contribution in [2.24, 2.45) is 0 Å². The highest BCUT2D eigenvalue weighted by Crippen LogP contribution is 2.35. The van der Waals surface area contributed by atoms with E-state index in [0.29, 0.717) is 17.1 Å². The van der Waals surface area contributed by atoms with Crippen LogP contribution in [0.4, 0.5) is 0 Å². The second-order valence-corrected chi connectivity index (χ2v) is 11.3. The van der Waals surface area contributed by atoms with Crippen molar-refractivity contribution in [3.05, 3.63) is 168 Å². The second kappa shape index (κ2) is 13.1. The van der Waals surface area contributed by atoms with Crippen molar-refractivity contribution < 1.29 is 0 Å². The summed E-state index contributed by atoms with van der Waals surface area (Å²) in [6, 6.07) is 48.7. The Hall–Kier alpha value is -7.07. The van der Waals surface area contributed by atoms with E-state index in [0.717, 1.165) is 61.5 Å². The smallest absolute Gasteiger partial charge is 0.141 e. The van der Waals surface area contributed by atoms with Crippen molar-refractivity contribution in [1.29, 1.82) is 15.8 Å². The fourth-order valence-electron chi connectivity index (χ4n) is 5.78. The first-order chi connectivity index (χ1) is 23.6. The maximum Gasteiger partial charge on any atom is 0.141 e. The van der Waals surface area contributed by atoms with E-state index < -0.39 is 0 Å². The van der Waals surface area contributed by atoms with E-state index in [9.17, 15) is 15.8 Å². The highest BCUT2D eigenvalue weighted by Gasteiger charge is 2.14. The molecule has 1 atom stereocenters. The van der Waals surface area contributed by atoms with Gasteiger partial charge in [0.05, 0.1) is 17.4 Å². The third kappa shape index (κ3) is 6.22. The Kier molecular flexibility index (Phi) is 8.10. The number of nitrogens with zero attached hydrogens (tertiary/aromatic N) is 5. The molecule has 0 bridgehead atoms. The van der Waals surface area contributed by atoms with Gasteiger partial charge in [0.15, 0.2) is 0 Å². The average Bonchev–Trinajstić information content (AvgIpc) is 3.18. The molecule has 0 spiro atoms. The van der Waals surface area contributed by atoms with E-state index in [4.69, 9.17) is 0 Å². The van der Waals surface area contributed by atoms with Crippen molar-refractivity contribution in [1.82, 2.24) is 15.3 Å². The number of rotatable bonds is 6. The highest BCUT2D eigenvalue weighted by atomic mass is 14.9. The Labute approximate surface area is 278 Å². The number of nitriles is 3. The number of pyridine rings is 2. The minimum Gasteiger partial charge on any atom is -0.366 e. The van der Waals surface area contributed by atoms with Crippen LogP contribution in [-0.2, 0) is 0 Å². The van der Waals surface area contributed by atoms with Gasteiger partial charge in [-0.05, 0) is 87.5 Å². The molecule has 0 amide bonds. The van der Waals surface area contributed by atoms with Crippen LogP contribution in [0.3, 0.4) is 0 Å². The SMILES string of the molecule is N#CC1=CC=CC(c2ccc(-c3cc(-c4ccc(-c5cccc(C#N)n5)cc4)cc(-c4ccc(-c5cccc(C#N)n5)cc4)c3)cc2)N1. The second-order valence-electron chi connectivity index (χ2n) is 11.3. The molecule has 48 heavy (non-hydrogen) atoms. The number of allylic oxidation sites excluding steroid dienone is 3. The number of hydrogen-bond acceptors (Lipinski definition) is 6. The first kappa shape index (κ1) is 29.6. The Bertz CT molecular complexity index is 2210. The van der Waals surface area contributed by atoms with Crippen molar-refractivity contribution >= 4 is 0 Å². The van der Waals surface area contributed by atoms with Gasteiger partial charge in [-0.3, -0.25) is 0 Å². The summed E-state index contributed by atoms with van der Waals surface area (Å²) in [7, 11) is 0. The zero-order valence-electron chi connectivity index (χ0n) is 25.7. The van der Waals surface area contributed by atoms with Gasteiger partial charge in [0, 0.05) is 11.1 Å². The lowest BCUT2D eigenvalue weighted by Gasteiger charge is -2.19. The molecule has 4 aromatic carbocycles. The normalized spacial score (nSPS) is 13.4. The molecule has 1 N–H and O–H groups in total. The average molecular weight is 615 g/mol. The molecule has 0 fully saturated rings. The molecular formula is C42H26N6. The van der Waals surface area contributed by atoms with Crippen molar-refractivity contribution in [3.8, 4) is 74.1 Å². The summed E-state index contributed by atoms with van der Waals surface area (Å²) in [6.07, 6.45) is 5.73. The van der Waals surface area contributed by atoms with Gasteiger partial charge < -0.3 is 5.32 Å². The first-order valence-electron chi connectivity index (χ1n) is 15.4. The van der Waals surface area contributed by atoms with Gasteiger partial charge in [0.1, 0.15) is 35.3 Å². The maximum atomic E-state index is 9.33. The fraction of sp³-hybridized carbons (Fsp3) is 0.0238. The molecule has 0 saturated carbocycles. The lowest BCUT2D eigenvalue weighted by Crippen LogP contribution is -2.20. The summed E-state index contributed by atoms with van der Waals surface area (Å²) in [4.78, 5) is 8.90. The third-order valence-electron chi connectivity index (χ3n) is 8.29. The van der Waals surface area contributed by atoms with Gasteiger partial charge >= 0.3 is 0 Å². The molecule has 6 nitrogen and oxygen atoms in total. The molecule has 1 aliphatic heterocycles. The quantitative estimate of drug-likeness (QED) is 0.200. The molecule has 1 aliphatic rings. The van der Waals surface area contributed by atoms with Crippen molar-refractivity contribution in [3.63, 3.8) is 0 Å². The van der Waals surface area contributed by atoms with Crippen LogP contribution in [0.25, 0.3) is 55.9 Å². The predicted molar refractivity (Wildman–Crippen MR) is 187 cm³/mol. The van der Waals surface area contributed by atoms with Gasteiger partial charge in [0.2, 0.25) is 0 Å². The highest BCUT2D eigenvalue weighted by molar-refractivity contribution is 5.82. The molecule has 0 saturated heterocycles. The van der Waals surface area contributed by atoms with E-state index in [1.165, 1.54) is 0 Å². The van der Waals surface area contributed by atoms with Crippen LogP contribution in [0.15, 0.2) is 151 Å². The standard InChI is InChI=1S/C42H26N6/c43-25-37-4-1-7-40(46-37)31-16-10-28(11-17-31)34-22-35(29-12-18-32(19-13-29)41-8-2-5-38(26-44)47-41)24-36(23-34)30-14-20-33(21-15-30)42-9-3-6-39(27-45)48-42/h1-24,40,46H. The summed E-state index contributed by atoms with van der Waals surface area (Å²) in [5, 5.41) is 31.2. The Balaban J connectivity index is 1.26. The Morgan fingerprint density at radius 2 is 0.917 bits per heavy atom.